The zero-order valence-electron chi connectivity index (χ0n) is 19.1. The lowest BCUT2D eigenvalue weighted by Crippen LogP contribution is -2.38. The van der Waals surface area contributed by atoms with Crippen LogP contribution in [0.4, 0.5) is 4.39 Å². The van der Waals surface area contributed by atoms with E-state index in [0.717, 1.165) is 37.7 Å². The van der Waals surface area contributed by atoms with Gasteiger partial charge in [0.05, 0.1) is 0 Å². The summed E-state index contributed by atoms with van der Waals surface area (Å²) in [5, 5.41) is 2.72. The molecule has 1 atom stereocenters. The van der Waals surface area contributed by atoms with Crippen molar-refractivity contribution in [2.45, 2.75) is 65.5 Å². The molecule has 1 aliphatic rings. The summed E-state index contributed by atoms with van der Waals surface area (Å²) < 4.78 is 15.4. The van der Waals surface area contributed by atoms with E-state index in [2.05, 4.69) is 5.32 Å². The molecule has 2 amide bonds. The van der Waals surface area contributed by atoms with E-state index in [-0.39, 0.29) is 35.4 Å². The number of halogens is 1. The number of rotatable bonds is 6. The highest BCUT2D eigenvalue weighted by atomic mass is 19.1. The van der Waals surface area contributed by atoms with E-state index in [1.165, 1.54) is 18.3 Å². The molecule has 1 N–H and O–H groups in total. The summed E-state index contributed by atoms with van der Waals surface area (Å²) in [4.78, 5) is 41.1. The topological polar surface area (TPSA) is 71.4 Å². The number of aryl methyl sites for hydroxylation is 1. The highest BCUT2D eigenvalue weighted by Gasteiger charge is 2.24. The molecule has 7 heteroatoms. The van der Waals surface area contributed by atoms with Crippen LogP contribution in [0.25, 0.3) is 0 Å². The number of carbonyl (C=O) groups is 2. The molecule has 0 saturated carbocycles. The van der Waals surface area contributed by atoms with Crippen LogP contribution >= 0.6 is 0 Å². The summed E-state index contributed by atoms with van der Waals surface area (Å²) in [6.45, 7) is 7.15. The van der Waals surface area contributed by atoms with Crippen molar-refractivity contribution in [2.75, 3.05) is 13.1 Å². The van der Waals surface area contributed by atoms with Gasteiger partial charge in [0, 0.05) is 38.1 Å². The summed E-state index contributed by atoms with van der Waals surface area (Å²) >= 11 is 0. The van der Waals surface area contributed by atoms with E-state index in [1.54, 1.807) is 21.7 Å². The summed E-state index contributed by atoms with van der Waals surface area (Å²) in [5.41, 5.74) is 0.875. The second-order valence-electron chi connectivity index (χ2n) is 8.58. The average Bonchev–Trinajstić information content (AvgIpc) is 3.08. The Hall–Kier alpha value is -2.96. The first-order valence-corrected chi connectivity index (χ1v) is 11.4. The predicted molar refractivity (Wildman–Crippen MR) is 122 cm³/mol. The first kappa shape index (κ1) is 23.7. The number of hydrogen-bond donors (Lipinski definition) is 1. The molecule has 6 nitrogen and oxygen atoms in total. The molecule has 3 rings (SSSR count). The fraction of sp³-hybridized carbons (Fsp3) is 0.480. The molecule has 0 radical (unpaired) electrons. The third-order valence-electron chi connectivity index (χ3n) is 6.26. The SMILES string of the molecule is CCC(C)n1cc(C(=O)NCc2cc(F)ccc2C)c(=O)c(C(=O)N2CCCCCC2)c1. The molecule has 172 valence electrons. The molecule has 1 unspecified atom stereocenters. The lowest BCUT2D eigenvalue weighted by molar-refractivity contribution is 0.0759. The Morgan fingerprint density at radius 3 is 2.41 bits per heavy atom. The average molecular weight is 442 g/mol. The number of carbonyl (C=O) groups excluding carboxylic acids is 2. The summed E-state index contributed by atoms with van der Waals surface area (Å²) in [6.07, 6.45) is 7.85. The minimum atomic E-state index is -0.568. The molecule has 2 aromatic rings. The lowest BCUT2D eigenvalue weighted by atomic mass is 10.1. The van der Waals surface area contributed by atoms with Gasteiger partial charge < -0.3 is 14.8 Å². The van der Waals surface area contributed by atoms with Crippen LogP contribution in [-0.2, 0) is 6.54 Å². The molecule has 0 spiro atoms. The van der Waals surface area contributed by atoms with Gasteiger partial charge in [0.15, 0.2) is 0 Å². The highest BCUT2D eigenvalue weighted by molar-refractivity contribution is 5.99. The van der Waals surface area contributed by atoms with Crippen molar-refractivity contribution in [1.29, 1.82) is 0 Å². The number of nitrogens with one attached hydrogen (secondary N) is 1. The quantitative estimate of drug-likeness (QED) is 0.730. The van der Waals surface area contributed by atoms with Gasteiger partial charge in [0.2, 0.25) is 5.43 Å². The van der Waals surface area contributed by atoms with Gasteiger partial charge in [-0.1, -0.05) is 25.8 Å². The number of hydrogen-bond acceptors (Lipinski definition) is 3. The monoisotopic (exact) mass is 441 g/mol. The minimum absolute atomic E-state index is 0.0169. The second-order valence-corrected chi connectivity index (χ2v) is 8.58. The van der Waals surface area contributed by atoms with Crippen LogP contribution < -0.4 is 10.7 Å². The Morgan fingerprint density at radius 2 is 1.75 bits per heavy atom. The fourth-order valence-electron chi connectivity index (χ4n) is 3.92. The number of likely N-dealkylation sites (tertiary alicyclic amines) is 1. The van der Waals surface area contributed by atoms with Crippen LogP contribution in [-0.4, -0.2) is 34.4 Å². The third-order valence-corrected chi connectivity index (χ3v) is 6.26. The molecule has 32 heavy (non-hydrogen) atoms. The van der Waals surface area contributed by atoms with Gasteiger partial charge in [-0.3, -0.25) is 14.4 Å². The number of benzene rings is 1. The molecular weight excluding hydrogens is 409 g/mol. The molecule has 1 aliphatic heterocycles. The molecular formula is C25H32FN3O3. The Kier molecular flexibility index (Phi) is 7.83. The maximum absolute atomic E-state index is 13.6. The maximum atomic E-state index is 13.6. The van der Waals surface area contributed by atoms with E-state index in [4.69, 9.17) is 0 Å². The zero-order valence-corrected chi connectivity index (χ0v) is 19.1. The number of pyridine rings is 1. The highest BCUT2D eigenvalue weighted by Crippen LogP contribution is 2.16. The minimum Gasteiger partial charge on any atom is -0.350 e. The van der Waals surface area contributed by atoms with Gasteiger partial charge in [-0.2, -0.15) is 0 Å². The van der Waals surface area contributed by atoms with Crippen LogP contribution in [0, 0.1) is 12.7 Å². The van der Waals surface area contributed by atoms with Crippen molar-refractivity contribution in [1.82, 2.24) is 14.8 Å². The smallest absolute Gasteiger partial charge is 0.259 e. The standard InChI is InChI=1S/C25H32FN3O3/c1-4-18(3)29-15-21(24(31)27-14-19-13-20(26)10-9-17(19)2)23(30)22(16-29)25(32)28-11-7-5-6-8-12-28/h9-10,13,15-16,18H,4-8,11-12,14H2,1-3H3,(H,27,31). The lowest BCUT2D eigenvalue weighted by Gasteiger charge is -2.22. The molecule has 0 bridgehead atoms. The molecule has 1 saturated heterocycles. The van der Waals surface area contributed by atoms with E-state index < -0.39 is 11.3 Å². The number of aromatic nitrogens is 1. The van der Waals surface area contributed by atoms with Crippen LogP contribution in [0.15, 0.2) is 35.4 Å². The molecule has 1 aromatic heterocycles. The van der Waals surface area contributed by atoms with Crippen molar-refractivity contribution in [3.8, 4) is 0 Å². The largest absolute Gasteiger partial charge is 0.350 e. The van der Waals surface area contributed by atoms with Gasteiger partial charge in [-0.15, -0.1) is 0 Å². The molecule has 1 aromatic carbocycles. The van der Waals surface area contributed by atoms with Crippen LogP contribution in [0.3, 0.4) is 0 Å². The van der Waals surface area contributed by atoms with Gasteiger partial charge in [0.25, 0.3) is 11.8 Å². The summed E-state index contributed by atoms with van der Waals surface area (Å²) in [7, 11) is 0. The predicted octanol–water partition coefficient (Wildman–Crippen LogP) is 4.21. The Balaban J connectivity index is 1.92. The van der Waals surface area contributed by atoms with E-state index in [9.17, 15) is 18.8 Å². The number of amides is 2. The van der Waals surface area contributed by atoms with Gasteiger partial charge in [0.1, 0.15) is 16.9 Å². The van der Waals surface area contributed by atoms with Crippen molar-refractivity contribution in [3.05, 3.63) is 68.9 Å². The van der Waals surface area contributed by atoms with Gasteiger partial charge in [-0.05, 0) is 56.4 Å². The summed E-state index contributed by atoms with van der Waals surface area (Å²) in [6, 6.07) is 4.39. The van der Waals surface area contributed by atoms with Crippen molar-refractivity contribution in [3.63, 3.8) is 0 Å². The fourth-order valence-corrected chi connectivity index (χ4v) is 3.92. The van der Waals surface area contributed by atoms with Crippen LogP contribution in [0.1, 0.15) is 83.8 Å². The van der Waals surface area contributed by atoms with Crippen molar-refractivity contribution >= 4 is 11.8 Å². The maximum Gasteiger partial charge on any atom is 0.259 e. The van der Waals surface area contributed by atoms with Gasteiger partial charge >= 0.3 is 0 Å². The zero-order chi connectivity index (χ0) is 23.3. The van der Waals surface area contributed by atoms with Crippen molar-refractivity contribution < 1.29 is 14.0 Å². The molecule has 0 aliphatic carbocycles. The van der Waals surface area contributed by atoms with E-state index in [1.807, 2.05) is 20.8 Å². The van der Waals surface area contributed by atoms with E-state index in [0.29, 0.717) is 18.7 Å². The first-order chi connectivity index (χ1) is 15.3. The second kappa shape index (κ2) is 10.6. The molecule has 2 heterocycles. The Morgan fingerprint density at radius 1 is 1.09 bits per heavy atom. The number of nitrogens with zero attached hydrogens (tertiary/aromatic N) is 2. The van der Waals surface area contributed by atoms with Crippen LogP contribution in [0.5, 0.6) is 0 Å². The van der Waals surface area contributed by atoms with E-state index >= 15 is 0 Å². The van der Waals surface area contributed by atoms with Gasteiger partial charge in [-0.25, -0.2) is 4.39 Å². The summed E-state index contributed by atoms with van der Waals surface area (Å²) in [5.74, 6) is -1.27. The first-order valence-electron chi connectivity index (χ1n) is 11.4. The third kappa shape index (κ3) is 5.44. The van der Waals surface area contributed by atoms with Crippen molar-refractivity contribution in [2.24, 2.45) is 0 Å². The Labute approximate surface area is 188 Å². The van der Waals surface area contributed by atoms with Crippen LogP contribution in [0.2, 0.25) is 0 Å². The molecule has 1 fully saturated rings. The Bertz CT molecular complexity index is 1040. The normalized spacial score (nSPS) is 15.2.